The maximum Gasteiger partial charge on any atom is 0.00801 e. The van der Waals surface area contributed by atoms with E-state index in [0.717, 1.165) is 17.3 Å². The van der Waals surface area contributed by atoms with Gasteiger partial charge in [-0.1, -0.05) is 32.6 Å². The molecule has 2 unspecified atom stereocenters. The molecule has 2 aliphatic carbocycles. The summed E-state index contributed by atoms with van der Waals surface area (Å²) in [5, 5.41) is 4.88. The van der Waals surface area contributed by atoms with Crippen LogP contribution in [0.1, 0.15) is 64.7 Å². The van der Waals surface area contributed by atoms with Gasteiger partial charge in [0.1, 0.15) is 0 Å². The highest BCUT2D eigenvalue weighted by Gasteiger charge is 2.24. The van der Waals surface area contributed by atoms with Crippen molar-refractivity contribution in [3.8, 4) is 0 Å². The van der Waals surface area contributed by atoms with Crippen molar-refractivity contribution < 1.29 is 0 Å². The van der Waals surface area contributed by atoms with Crippen LogP contribution in [-0.4, -0.2) is 23.1 Å². The van der Waals surface area contributed by atoms with Crippen LogP contribution >= 0.6 is 11.8 Å². The smallest absolute Gasteiger partial charge is 0.00801 e. The first-order valence-corrected chi connectivity index (χ1v) is 8.31. The maximum atomic E-state index is 3.93. The molecule has 0 aromatic heterocycles. The number of hydrogen-bond donors (Lipinski definition) is 1. The van der Waals surface area contributed by atoms with Crippen LogP contribution in [0.15, 0.2) is 0 Å². The fraction of sp³-hybridized carbons (Fsp3) is 1.00. The summed E-state index contributed by atoms with van der Waals surface area (Å²) in [5.41, 5.74) is 0. The maximum absolute atomic E-state index is 3.93. The van der Waals surface area contributed by atoms with Crippen LogP contribution < -0.4 is 5.32 Å². The predicted molar refractivity (Wildman–Crippen MR) is 74.2 cm³/mol. The Labute approximate surface area is 105 Å². The lowest BCUT2D eigenvalue weighted by molar-refractivity contribution is 0.294. The summed E-state index contributed by atoms with van der Waals surface area (Å²) in [7, 11) is 0. The van der Waals surface area contributed by atoms with Gasteiger partial charge >= 0.3 is 0 Å². The Morgan fingerprint density at radius 3 is 2.44 bits per heavy atom. The van der Waals surface area contributed by atoms with Crippen LogP contribution in [0.4, 0.5) is 0 Å². The Balaban J connectivity index is 1.71. The van der Waals surface area contributed by atoms with Crippen molar-refractivity contribution in [2.24, 2.45) is 0 Å². The van der Waals surface area contributed by atoms with Gasteiger partial charge in [-0.15, -0.1) is 0 Å². The van der Waals surface area contributed by atoms with Gasteiger partial charge in [0, 0.05) is 17.3 Å². The molecule has 16 heavy (non-hydrogen) atoms. The van der Waals surface area contributed by atoms with E-state index in [2.05, 4.69) is 24.0 Å². The van der Waals surface area contributed by atoms with Crippen molar-refractivity contribution in [3.63, 3.8) is 0 Å². The van der Waals surface area contributed by atoms with Gasteiger partial charge in [0.25, 0.3) is 0 Å². The fourth-order valence-electron chi connectivity index (χ4n) is 3.29. The van der Waals surface area contributed by atoms with Gasteiger partial charge in [0.05, 0.1) is 0 Å². The highest BCUT2D eigenvalue weighted by molar-refractivity contribution is 7.99. The average Bonchev–Trinajstić information content (AvgIpc) is 2.31. The standard InChI is InChI=1S/C14H27NS/c1-2-16-14-10-6-9-13(11-14)15-12-7-4-3-5-8-12/h12-15H,2-11H2,1H3. The second-order valence-electron chi connectivity index (χ2n) is 5.44. The van der Waals surface area contributed by atoms with Gasteiger partial charge in [0.2, 0.25) is 0 Å². The van der Waals surface area contributed by atoms with Gasteiger partial charge in [-0.05, 0) is 37.9 Å². The van der Waals surface area contributed by atoms with Gasteiger partial charge < -0.3 is 5.32 Å². The second-order valence-corrected chi connectivity index (χ2v) is 7.02. The third-order valence-electron chi connectivity index (χ3n) is 4.11. The molecule has 0 aliphatic heterocycles. The van der Waals surface area contributed by atoms with Crippen LogP contribution in [0.3, 0.4) is 0 Å². The quantitative estimate of drug-likeness (QED) is 0.799. The first-order valence-electron chi connectivity index (χ1n) is 7.26. The molecule has 0 bridgehead atoms. The van der Waals surface area contributed by atoms with Gasteiger partial charge in [-0.3, -0.25) is 0 Å². The summed E-state index contributed by atoms with van der Waals surface area (Å²) in [6, 6.07) is 1.69. The third-order valence-corrected chi connectivity index (χ3v) is 5.34. The van der Waals surface area contributed by atoms with Crippen LogP contribution in [-0.2, 0) is 0 Å². The normalized spacial score (nSPS) is 32.8. The summed E-state index contributed by atoms with van der Waals surface area (Å²) in [6.07, 6.45) is 13.0. The van der Waals surface area contributed by atoms with Crippen LogP contribution in [0.5, 0.6) is 0 Å². The van der Waals surface area contributed by atoms with Crippen molar-refractivity contribution in [2.75, 3.05) is 5.75 Å². The van der Waals surface area contributed by atoms with Crippen molar-refractivity contribution in [1.29, 1.82) is 0 Å². The van der Waals surface area contributed by atoms with E-state index >= 15 is 0 Å². The van der Waals surface area contributed by atoms with Crippen LogP contribution in [0, 0.1) is 0 Å². The molecule has 2 rings (SSSR count). The first kappa shape index (κ1) is 12.8. The molecule has 0 aromatic carbocycles. The van der Waals surface area contributed by atoms with Gasteiger partial charge in [0.15, 0.2) is 0 Å². The lowest BCUT2D eigenvalue weighted by Gasteiger charge is -2.34. The SMILES string of the molecule is CCSC1CCCC(NC2CCCCC2)C1. The molecule has 0 heterocycles. The monoisotopic (exact) mass is 241 g/mol. The number of rotatable bonds is 4. The molecule has 2 atom stereocenters. The minimum atomic E-state index is 0.834. The minimum absolute atomic E-state index is 0.834. The Morgan fingerprint density at radius 2 is 1.69 bits per heavy atom. The Morgan fingerprint density at radius 1 is 0.938 bits per heavy atom. The van der Waals surface area contributed by atoms with E-state index in [9.17, 15) is 0 Å². The molecule has 1 nitrogen and oxygen atoms in total. The largest absolute Gasteiger partial charge is 0.311 e. The topological polar surface area (TPSA) is 12.0 Å². The lowest BCUT2D eigenvalue weighted by Crippen LogP contribution is -2.42. The summed E-state index contributed by atoms with van der Waals surface area (Å²) >= 11 is 2.18. The second kappa shape index (κ2) is 6.90. The summed E-state index contributed by atoms with van der Waals surface area (Å²) in [4.78, 5) is 0. The highest BCUT2D eigenvalue weighted by atomic mass is 32.2. The zero-order chi connectivity index (χ0) is 11.2. The first-order chi connectivity index (χ1) is 7.88. The number of thioether (sulfide) groups is 1. The molecule has 0 spiro atoms. The average molecular weight is 241 g/mol. The van der Waals surface area contributed by atoms with E-state index in [1.54, 1.807) is 0 Å². The molecule has 2 aliphatic rings. The number of hydrogen-bond acceptors (Lipinski definition) is 2. The molecule has 0 radical (unpaired) electrons. The molecule has 0 saturated heterocycles. The molecular weight excluding hydrogens is 214 g/mol. The van der Waals surface area contributed by atoms with E-state index in [1.807, 2.05) is 0 Å². The highest BCUT2D eigenvalue weighted by Crippen LogP contribution is 2.29. The van der Waals surface area contributed by atoms with E-state index < -0.39 is 0 Å². The molecule has 0 aromatic rings. The zero-order valence-electron chi connectivity index (χ0n) is 10.7. The van der Waals surface area contributed by atoms with Crippen molar-refractivity contribution in [3.05, 3.63) is 0 Å². The Hall–Kier alpha value is 0.310. The molecule has 1 N–H and O–H groups in total. The van der Waals surface area contributed by atoms with Crippen molar-refractivity contribution >= 4 is 11.8 Å². The zero-order valence-corrected chi connectivity index (χ0v) is 11.5. The van der Waals surface area contributed by atoms with Gasteiger partial charge in [-0.2, -0.15) is 11.8 Å². The molecular formula is C14H27NS. The molecule has 2 heteroatoms. The molecule has 0 amide bonds. The van der Waals surface area contributed by atoms with E-state index in [1.165, 1.54) is 63.5 Å². The van der Waals surface area contributed by atoms with Crippen LogP contribution in [0.2, 0.25) is 0 Å². The number of nitrogens with one attached hydrogen (secondary N) is 1. The minimum Gasteiger partial charge on any atom is -0.311 e. The fourth-order valence-corrected chi connectivity index (χ4v) is 4.46. The predicted octanol–water partition coefficient (Wildman–Crippen LogP) is 3.97. The molecule has 94 valence electrons. The summed E-state index contributed by atoms with van der Waals surface area (Å²) < 4.78 is 0. The summed E-state index contributed by atoms with van der Waals surface area (Å²) in [5.74, 6) is 1.29. The van der Waals surface area contributed by atoms with Gasteiger partial charge in [-0.25, -0.2) is 0 Å². The molecule has 2 saturated carbocycles. The Bertz CT molecular complexity index is 187. The third kappa shape index (κ3) is 3.96. The Kier molecular flexibility index (Phi) is 5.51. The van der Waals surface area contributed by atoms with Crippen molar-refractivity contribution in [2.45, 2.75) is 82.0 Å². The lowest BCUT2D eigenvalue weighted by atomic mass is 9.90. The van der Waals surface area contributed by atoms with Crippen LogP contribution in [0.25, 0.3) is 0 Å². The molecule has 2 fully saturated rings. The summed E-state index contributed by atoms with van der Waals surface area (Å²) in [6.45, 7) is 2.29. The van der Waals surface area contributed by atoms with E-state index in [0.29, 0.717) is 0 Å². The van der Waals surface area contributed by atoms with E-state index in [4.69, 9.17) is 0 Å². The van der Waals surface area contributed by atoms with E-state index in [-0.39, 0.29) is 0 Å². The van der Waals surface area contributed by atoms with Crippen molar-refractivity contribution in [1.82, 2.24) is 5.32 Å².